The van der Waals surface area contributed by atoms with E-state index in [4.69, 9.17) is 21.9 Å². The van der Waals surface area contributed by atoms with Crippen LogP contribution in [0.15, 0.2) is 41.3 Å². The zero-order valence-electron chi connectivity index (χ0n) is 14.5. The molecule has 0 unspecified atom stereocenters. The highest BCUT2D eigenvalue weighted by Gasteiger charge is 2.27. The Morgan fingerprint density at radius 1 is 1.31 bits per heavy atom. The second kappa shape index (κ2) is 8.18. The maximum absolute atomic E-state index is 13.5. The van der Waals surface area contributed by atoms with Gasteiger partial charge in [0.25, 0.3) is 5.92 Å². The van der Waals surface area contributed by atoms with Crippen molar-refractivity contribution in [3.05, 3.63) is 58.1 Å². The number of hydrogen-bond donors (Lipinski definition) is 2. The van der Waals surface area contributed by atoms with E-state index in [2.05, 4.69) is 20.4 Å². The number of aryl methyl sites for hydroxylation is 2. The molecular formula is C17H18ClF2N5O. The van der Waals surface area contributed by atoms with Crippen molar-refractivity contribution in [2.75, 3.05) is 11.9 Å². The monoisotopic (exact) mass is 381 g/mol. The molecule has 0 atom stereocenters. The largest absolute Gasteiger partial charge is 0.457 e. The third-order valence-corrected chi connectivity index (χ3v) is 3.63. The van der Waals surface area contributed by atoms with E-state index in [1.54, 1.807) is 6.07 Å². The van der Waals surface area contributed by atoms with Gasteiger partial charge in [-0.25, -0.2) is 24.3 Å². The lowest BCUT2D eigenvalue weighted by atomic mass is 10.1. The second-order valence-electron chi connectivity index (χ2n) is 5.70. The molecule has 6 nitrogen and oxygen atoms in total. The molecule has 1 aromatic heterocycles. The number of ether oxygens (including phenoxy) is 1. The van der Waals surface area contributed by atoms with Crippen LogP contribution in [0.3, 0.4) is 0 Å². The molecule has 0 bridgehead atoms. The normalized spacial score (nSPS) is 12.0. The summed E-state index contributed by atoms with van der Waals surface area (Å²) in [5.41, 5.74) is 9.04. The topological polar surface area (TPSA) is 83.2 Å². The summed E-state index contributed by atoms with van der Waals surface area (Å²) in [6.45, 7) is 4.35. The van der Waals surface area contributed by atoms with Crippen molar-refractivity contribution >= 4 is 17.3 Å². The Hall–Kier alpha value is -2.61. The van der Waals surface area contributed by atoms with Gasteiger partial charge in [0.15, 0.2) is 0 Å². The second-order valence-corrected chi connectivity index (χ2v) is 6.10. The van der Waals surface area contributed by atoms with Crippen LogP contribution in [0.2, 0.25) is 5.02 Å². The lowest BCUT2D eigenvalue weighted by Gasteiger charge is -2.14. The van der Waals surface area contributed by atoms with Gasteiger partial charge >= 0.3 is 6.01 Å². The summed E-state index contributed by atoms with van der Waals surface area (Å²) >= 11 is 5.81. The van der Waals surface area contributed by atoms with E-state index >= 15 is 0 Å². The van der Waals surface area contributed by atoms with Crippen molar-refractivity contribution in [3.63, 3.8) is 0 Å². The maximum Gasteiger partial charge on any atom is 0.317 e. The predicted molar refractivity (Wildman–Crippen MR) is 94.9 cm³/mol. The summed E-state index contributed by atoms with van der Waals surface area (Å²) in [5.74, 6) is -3.06. The quantitative estimate of drug-likeness (QED) is 0.644. The molecule has 138 valence electrons. The minimum absolute atomic E-state index is 0.0206. The highest BCUT2D eigenvalue weighted by Crippen LogP contribution is 2.34. The minimum atomic E-state index is -3.06. The number of halogens is 3. The number of alkyl halides is 2. The molecule has 9 heteroatoms. The molecule has 0 amide bonds. The van der Waals surface area contributed by atoms with Crippen LogP contribution in [0, 0.1) is 19.4 Å². The van der Waals surface area contributed by atoms with Gasteiger partial charge in [0, 0.05) is 40.8 Å². The van der Waals surface area contributed by atoms with Gasteiger partial charge in [-0.05, 0) is 38.1 Å². The first-order valence-corrected chi connectivity index (χ1v) is 8.03. The number of rotatable bonds is 7. The predicted octanol–water partition coefficient (Wildman–Crippen LogP) is 5.22. The summed E-state index contributed by atoms with van der Waals surface area (Å²) in [5, 5.41) is 6.13. The Morgan fingerprint density at radius 2 is 1.96 bits per heavy atom. The number of nitrogens with one attached hydrogen (secondary N) is 2. The molecule has 2 N–H and O–H groups in total. The number of aromatic nitrogens is 2. The van der Waals surface area contributed by atoms with Gasteiger partial charge in [0.05, 0.1) is 0 Å². The van der Waals surface area contributed by atoms with Crippen LogP contribution < -0.4 is 10.1 Å². The van der Waals surface area contributed by atoms with Crippen LogP contribution in [-0.2, 0) is 5.92 Å². The average molecular weight is 382 g/mol. The first-order chi connectivity index (χ1) is 12.2. The Kier molecular flexibility index (Phi) is 6.20. The van der Waals surface area contributed by atoms with Gasteiger partial charge in [-0.15, -0.1) is 0 Å². The van der Waals surface area contributed by atoms with Crippen molar-refractivity contribution in [3.8, 4) is 6.01 Å². The van der Waals surface area contributed by atoms with Crippen molar-refractivity contribution in [1.29, 1.82) is 5.53 Å². The van der Waals surface area contributed by atoms with Crippen LogP contribution in [0.1, 0.15) is 23.9 Å². The van der Waals surface area contributed by atoms with Gasteiger partial charge < -0.3 is 10.1 Å². The van der Waals surface area contributed by atoms with Crippen LogP contribution >= 0.6 is 11.6 Å². The molecular weight excluding hydrogens is 364 g/mol. The Labute approximate surface area is 154 Å². The van der Waals surface area contributed by atoms with Gasteiger partial charge in [0.2, 0.25) is 0 Å². The SMILES string of the molecule is Cc1cc(C)nc(OC/C(=C/Nc2ccc(Cl)c(C(C)(F)F)c2)N=N)n1. The van der Waals surface area contributed by atoms with Crippen LogP contribution in [0.5, 0.6) is 6.01 Å². The van der Waals surface area contributed by atoms with Crippen LogP contribution in [-0.4, -0.2) is 16.6 Å². The molecule has 2 rings (SSSR count). The molecule has 2 aromatic rings. The Morgan fingerprint density at radius 3 is 2.54 bits per heavy atom. The molecule has 0 aliphatic rings. The van der Waals surface area contributed by atoms with Crippen molar-refractivity contribution in [2.24, 2.45) is 5.11 Å². The first kappa shape index (κ1) is 19.7. The Bertz CT molecular complexity index is 816. The van der Waals surface area contributed by atoms with Gasteiger partial charge in [0.1, 0.15) is 12.3 Å². The highest BCUT2D eigenvalue weighted by atomic mass is 35.5. The van der Waals surface area contributed by atoms with E-state index in [1.807, 2.05) is 19.9 Å². The fourth-order valence-electron chi connectivity index (χ4n) is 2.12. The molecule has 0 aliphatic heterocycles. The summed E-state index contributed by atoms with van der Waals surface area (Å²) in [6.07, 6.45) is 1.39. The van der Waals surface area contributed by atoms with E-state index in [1.165, 1.54) is 18.3 Å². The van der Waals surface area contributed by atoms with Gasteiger partial charge in [-0.3, -0.25) is 0 Å². The van der Waals surface area contributed by atoms with Crippen LogP contribution in [0.25, 0.3) is 0 Å². The number of nitrogens with zero attached hydrogens (tertiary/aromatic N) is 3. The lowest BCUT2D eigenvalue weighted by molar-refractivity contribution is 0.0176. The fraction of sp³-hybridized carbons (Fsp3) is 0.294. The third-order valence-electron chi connectivity index (χ3n) is 3.30. The molecule has 1 aromatic carbocycles. The lowest BCUT2D eigenvalue weighted by Crippen LogP contribution is -2.09. The number of benzene rings is 1. The van der Waals surface area contributed by atoms with E-state index in [0.29, 0.717) is 5.69 Å². The van der Waals surface area contributed by atoms with Gasteiger partial charge in [-0.1, -0.05) is 11.6 Å². The van der Waals surface area contributed by atoms with Crippen molar-refractivity contribution in [1.82, 2.24) is 9.97 Å². The van der Waals surface area contributed by atoms with E-state index in [9.17, 15) is 8.78 Å². The molecule has 0 aliphatic carbocycles. The molecule has 0 fully saturated rings. The molecule has 1 heterocycles. The molecule has 0 radical (unpaired) electrons. The average Bonchev–Trinajstić information content (AvgIpc) is 2.54. The number of hydrogen-bond acceptors (Lipinski definition) is 6. The molecule has 26 heavy (non-hydrogen) atoms. The molecule has 0 spiro atoms. The Balaban J connectivity index is 2.08. The van der Waals surface area contributed by atoms with E-state index in [0.717, 1.165) is 18.3 Å². The summed E-state index contributed by atoms with van der Waals surface area (Å²) in [6, 6.07) is 6.15. The fourth-order valence-corrected chi connectivity index (χ4v) is 2.40. The molecule has 0 saturated carbocycles. The minimum Gasteiger partial charge on any atom is -0.457 e. The summed E-state index contributed by atoms with van der Waals surface area (Å²) in [4.78, 5) is 8.25. The smallest absolute Gasteiger partial charge is 0.317 e. The first-order valence-electron chi connectivity index (χ1n) is 7.65. The zero-order chi connectivity index (χ0) is 19.3. The highest BCUT2D eigenvalue weighted by molar-refractivity contribution is 6.31. The summed E-state index contributed by atoms with van der Waals surface area (Å²) in [7, 11) is 0. The number of anilines is 1. The third kappa shape index (κ3) is 5.45. The van der Waals surface area contributed by atoms with Crippen LogP contribution in [0.4, 0.5) is 14.5 Å². The van der Waals surface area contributed by atoms with Crippen molar-refractivity contribution in [2.45, 2.75) is 26.7 Å². The van der Waals surface area contributed by atoms with Crippen molar-refractivity contribution < 1.29 is 13.5 Å². The molecule has 0 saturated heterocycles. The zero-order valence-corrected chi connectivity index (χ0v) is 15.2. The van der Waals surface area contributed by atoms with Gasteiger partial charge in [-0.2, -0.15) is 5.11 Å². The standard InChI is InChI=1S/C17H18ClF2N5O/c1-10-6-11(2)24-16(23-10)26-9-13(25-21)8-22-12-4-5-15(18)14(7-12)17(3,19)20/h4-8,21-22H,9H2,1-3H3/b13-8-,25-21?. The van der Waals surface area contributed by atoms with E-state index < -0.39 is 5.92 Å². The summed E-state index contributed by atoms with van der Waals surface area (Å²) < 4.78 is 32.5. The maximum atomic E-state index is 13.5. The van der Waals surface area contributed by atoms with E-state index in [-0.39, 0.29) is 28.9 Å².